The molecule has 0 atom stereocenters. The van der Waals surface area contributed by atoms with E-state index in [4.69, 9.17) is 10.5 Å². The zero-order chi connectivity index (χ0) is 14.1. The van der Waals surface area contributed by atoms with Gasteiger partial charge in [-0.15, -0.1) is 0 Å². The molecule has 106 valence electrons. The molecular weight excluding hydrogens is 256 g/mol. The summed E-state index contributed by atoms with van der Waals surface area (Å²) in [6.45, 7) is 2.05. The maximum atomic E-state index is 11.7. The highest BCUT2D eigenvalue weighted by Crippen LogP contribution is 2.28. The number of nitrogens with two attached hydrogens (primary N) is 1. The minimum absolute atomic E-state index is 0.174. The minimum Gasteiger partial charge on any atom is -0.488 e. The number of ether oxygens (including phenoxy) is 1. The molecule has 1 aliphatic heterocycles. The Kier molecular flexibility index (Phi) is 3.31. The van der Waals surface area contributed by atoms with Crippen LogP contribution in [0.3, 0.4) is 0 Å². The first-order valence-corrected chi connectivity index (χ1v) is 6.75. The third-order valence-corrected chi connectivity index (χ3v) is 3.73. The fourth-order valence-corrected chi connectivity index (χ4v) is 2.50. The smallest absolute Gasteiger partial charge is 0.258 e. The van der Waals surface area contributed by atoms with E-state index in [1.54, 1.807) is 12.1 Å². The fraction of sp³-hybridized carbons (Fsp3) is 0.429. The van der Waals surface area contributed by atoms with Crippen LogP contribution in [0.4, 0.5) is 5.69 Å². The molecule has 6 nitrogen and oxygen atoms in total. The average Bonchev–Trinajstić information content (AvgIpc) is 2.43. The first-order chi connectivity index (χ1) is 9.63. The van der Waals surface area contributed by atoms with Gasteiger partial charge in [0, 0.05) is 19.2 Å². The normalized spacial score (nSPS) is 17.4. The number of nitrogen functional groups attached to an aromatic ring is 1. The van der Waals surface area contributed by atoms with Gasteiger partial charge in [-0.3, -0.25) is 4.79 Å². The molecule has 2 aromatic rings. The number of rotatable bonds is 2. The number of hydrogen-bond donors (Lipinski definition) is 2. The second-order valence-corrected chi connectivity index (χ2v) is 5.26. The van der Waals surface area contributed by atoms with Crippen molar-refractivity contribution >= 4 is 16.6 Å². The molecule has 1 saturated heterocycles. The van der Waals surface area contributed by atoms with Crippen molar-refractivity contribution in [1.82, 2.24) is 14.9 Å². The largest absolute Gasteiger partial charge is 0.488 e. The van der Waals surface area contributed by atoms with E-state index in [2.05, 4.69) is 21.9 Å². The second kappa shape index (κ2) is 5.13. The fourth-order valence-electron chi connectivity index (χ4n) is 2.50. The SMILES string of the molecule is CN1CCC(Oc2cc3nc[nH]c(=O)c3cc2N)CC1. The van der Waals surface area contributed by atoms with Gasteiger partial charge >= 0.3 is 0 Å². The van der Waals surface area contributed by atoms with Crippen molar-refractivity contribution in [2.24, 2.45) is 0 Å². The first kappa shape index (κ1) is 12.9. The van der Waals surface area contributed by atoms with Crippen molar-refractivity contribution in [3.05, 3.63) is 28.8 Å². The highest BCUT2D eigenvalue weighted by molar-refractivity contribution is 5.84. The van der Waals surface area contributed by atoms with E-state index in [-0.39, 0.29) is 11.7 Å². The van der Waals surface area contributed by atoms with Crippen LogP contribution in [0, 0.1) is 0 Å². The summed E-state index contributed by atoms with van der Waals surface area (Å²) in [5, 5.41) is 0.487. The highest BCUT2D eigenvalue weighted by atomic mass is 16.5. The van der Waals surface area contributed by atoms with Crippen molar-refractivity contribution in [3.63, 3.8) is 0 Å². The van der Waals surface area contributed by atoms with Crippen LogP contribution in [0.1, 0.15) is 12.8 Å². The van der Waals surface area contributed by atoms with Crippen LogP contribution >= 0.6 is 0 Å². The number of likely N-dealkylation sites (tertiary alicyclic amines) is 1. The van der Waals surface area contributed by atoms with Crippen molar-refractivity contribution in [2.75, 3.05) is 25.9 Å². The molecule has 0 aliphatic carbocycles. The number of benzene rings is 1. The standard InChI is InChI=1S/C14H18N4O2/c1-18-4-2-9(3-5-18)20-13-7-12-10(6-11(13)15)14(19)17-8-16-12/h6-9H,2-5,15H2,1H3,(H,16,17,19). The van der Waals surface area contributed by atoms with Gasteiger partial charge < -0.3 is 20.4 Å². The summed E-state index contributed by atoms with van der Waals surface area (Å²) in [5.41, 5.74) is 6.88. The van der Waals surface area contributed by atoms with Gasteiger partial charge in [0.2, 0.25) is 0 Å². The van der Waals surface area contributed by atoms with E-state index < -0.39 is 0 Å². The average molecular weight is 274 g/mol. The molecular formula is C14H18N4O2. The Bertz CT molecular complexity index is 674. The van der Waals surface area contributed by atoms with Crippen LogP contribution in [0.15, 0.2) is 23.3 Å². The van der Waals surface area contributed by atoms with E-state index in [0.717, 1.165) is 25.9 Å². The van der Waals surface area contributed by atoms with Gasteiger partial charge in [-0.25, -0.2) is 4.98 Å². The van der Waals surface area contributed by atoms with Crippen LogP contribution in [-0.2, 0) is 0 Å². The summed E-state index contributed by atoms with van der Waals surface area (Å²) in [4.78, 5) is 20.6. The Morgan fingerprint density at radius 3 is 2.90 bits per heavy atom. The topological polar surface area (TPSA) is 84.2 Å². The van der Waals surface area contributed by atoms with Gasteiger partial charge in [-0.1, -0.05) is 0 Å². The summed E-state index contributed by atoms with van der Waals surface area (Å²) in [6.07, 6.45) is 3.53. The van der Waals surface area contributed by atoms with Crippen LogP contribution in [0.5, 0.6) is 5.75 Å². The number of nitrogens with one attached hydrogen (secondary N) is 1. The van der Waals surface area contributed by atoms with Crippen LogP contribution in [-0.4, -0.2) is 41.1 Å². The first-order valence-electron chi connectivity index (χ1n) is 6.75. The Hall–Kier alpha value is -2.08. The third-order valence-electron chi connectivity index (χ3n) is 3.73. The summed E-state index contributed by atoms with van der Waals surface area (Å²) in [5.74, 6) is 0.616. The number of fused-ring (bicyclic) bond motifs is 1. The van der Waals surface area contributed by atoms with Crippen molar-refractivity contribution < 1.29 is 4.74 Å². The van der Waals surface area contributed by atoms with Gasteiger partial charge in [0.1, 0.15) is 11.9 Å². The number of aromatic nitrogens is 2. The molecule has 3 N–H and O–H groups in total. The summed E-state index contributed by atoms with van der Waals surface area (Å²) in [6, 6.07) is 3.38. The zero-order valence-electron chi connectivity index (χ0n) is 11.4. The molecule has 20 heavy (non-hydrogen) atoms. The monoisotopic (exact) mass is 274 g/mol. The Labute approximate surface area is 116 Å². The van der Waals surface area contributed by atoms with Gasteiger partial charge in [0.25, 0.3) is 5.56 Å². The minimum atomic E-state index is -0.187. The van der Waals surface area contributed by atoms with Gasteiger partial charge in [0.15, 0.2) is 0 Å². The maximum absolute atomic E-state index is 11.7. The van der Waals surface area contributed by atoms with Crippen LogP contribution in [0.25, 0.3) is 10.9 Å². The number of piperidine rings is 1. The lowest BCUT2D eigenvalue weighted by atomic mass is 10.1. The Morgan fingerprint density at radius 1 is 1.40 bits per heavy atom. The van der Waals surface area contributed by atoms with E-state index in [1.807, 2.05) is 0 Å². The van der Waals surface area contributed by atoms with Crippen LogP contribution < -0.4 is 16.0 Å². The highest BCUT2D eigenvalue weighted by Gasteiger charge is 2.19. The van der Waals surface area contributed by atoms with Crippen molar-refractivity contribution in [1.29, 1.82) is 0 Å². The number of aromatic amines is 1. The summed E-state index contributed by atoms with van der Waals surface area (Å²) >= 11 is 0. The molecule has 2 heterocycles. The molecule has 0 radical (unpaired) electrons. The lowest BCUT2D eigenvalue weighted by molar-refractivity contribution is 0.115. The molecule has 6 heteroatoms. The maximum Gasteiger partial charge on any atom is 0.258 e. The van der Waals surface area contributed by atoms with E-state index in [9.17, 15) is 4.79 Å². The Balaban J connectivity index is 1.88. The molecule has 0 saturated carbocycles. The van der Waals surface area contributed by atoms with Gasteiger partial charge in [-0.05, 0) is 26.0 Å². The van der Waals surface area contributed by atoms with Crippen molar-refractivity contribution in [2.45, 2.75) is 18.9 Å². The predicted molar refractivity (Wildman–Crippen MR) is 77.9 cm³/mol. The second-order valence-electron chi connectivity index (χ2n) is 5.26. The molecule has 0 amide bonds. The van der Waals surface area contributed by atoms with Crippen molar-refractivity contribution in [3.8, 4) is 5.75 Å². The lowest BCUT2D eigenvalue weighted by Crippen LogP contribution is -2.35. The molecule has 0 unspecified atom stereocenters. The molecule has 1 aromatic heterocycles. The number of nitrogens with zero attached hydrogens (tertiary/aromatic N) is 2. The quantitative estimate of drug-likeness (QED) is 0.797. The van der Waals surface area contributed by atoms with Gasteiger partial charge in [0.05, 0.1) is 22.9 Å². The molecule has 0 bridgehead atoms. The molecule has 0 spiro atoms. The number of H-pyrrole nitrogens is 1. The molecule has 1 fully saturated rings. The van der Waals surface area contributed by atoms with E-state index in [0.29, 0.717) is 22.3 Å². The summed E-state index contributed by atoms with van der Waals surface area (Å²) < 4.78 is 5.98. The number of anilines is 1. The predicted octanol–water partition coefficient (Wildman–Crippen LogP) is 0.978. The molecule has 1 aliphatic rings. The third kappa shape index (κ3) is 2.46. The van der Waals surface area contributed by atoms with E-state index in [1.165, 1.54) is 6.33 Å². The summed E-state index contributed by atoms with van der Waals surface area (Å²) in [7, 11) is 2.11. The van der Waals surface area contributed by atoms with Gasteiger partial charge in [-0.2, -0.15) is 0 Å². The molecule has 1 aromatic carbocycles. The Morgan fingerprint density at radius 2 is 2.15 bits per heavy atom. The van der Waals surface area contributed by atoms with Crippen LogP contribution in [0.2, 0.25) is 0 Å². The lowest BCUT2D eigenvalue weighted by Gasteiger charge is -2.29. The molecule has 3 rings (SSSR count). The number of hydrogen-bond acceptors (Lipinski definition) is 5. The van der Waals surface area contributed by atoms with E-state index >= 15 is 0 Å². The zero-order valence-corrected chi connectivity index (χ0v) is 11.4.